The lowest BCUT2D eigenvalue weighted by molar-refractivity contribution is -0.126. The van der Waals surface area contributed by atoms with Gasteiger partial charge in [-0.25, -0.2) is 9.37 Å². The van der Waals surface area contributed by atoms with Gasteiger partial charge in [-0.05, 0) is 62.7 Å². The maximum absolute atomic E-state index is 13.4. The minimum Gasteiger partial charge on any atom is -0.333 e. The number of benzene rings is 2. The Balaban J connectivity index is 1.57. The van der Waals surface area contributed by atoms with Crippen LogP contribution in [0.15, 0.2) is 59.9 Å². The molecule has 6 nitrogen and oxygen atoms in total. The zero-order valence-corrected chi connectivity index (χ0v) is 17.6. The van der Waals surface area contributed by atoms with Crippen molar-refractivity contribution in [3.05, 3.63) is 60.5 Å². The van der Waals surface area contributed by atoms with Crippen molar-refractivity contribution in [1.82, 2.24) is 9.97 Å². The summed E-state index contributed by atoms with van der Waals surface area (Å²) in [6.07, 6.45) is 1.65. The SMILES string of the molecule is CC(Sc1ncc(-c2ccc(F)cc2)[nH]1)C(=O)N1c2ccccc2NC(=O)C1(C)C. The molecule has 30 heavy (non-hydrogen) atoms. The molecule has 2 N–H and O–H groups in total. The van der Waals surface area contributed by atoms with Gasteiger partial charge in [0.05, 0.1) is 28.5 Å². The number of imidazole rings is 1. The zero-order chi connectivity index (χ0) is 21.5. The van der Waals surface area contributed by atoms with Gasteiger partial charge >= 0.3 is 0 Å². The van der Waals surface area contributed by atoms with Crippen LogP contribution in [0.4, 0.5) is 15.8 Å². The van der Waals surface area contributed by atoms with E-state index in [0.717, 1.165) is 11.3 Å². The van der Waals surface area contributed by atoms with Gasteiger partial charge < -0.3 is 10.3 Å². The summed E-state index contributed by atoms with van der Waals surface area (Å²) in [5.41, 5.74) is 1.80. The molecular formula is C22H21FN4O2S. The van der Waals surface area contributed by atoms with Gasteiger partial charge in [0.25, 0.3) is 0 Å². The van der Waals surface area contributed by atoms with E-state index in [1.165, 1.54) is 23.9 Å². The van der Waals surface area contributed by atoms with Crippen molar-refractivity contribution in [2.75, 3.05) is 10.2 Å². The van der Waals surface area contributed by atoms with Crippen LogP contribution >= 0.6 is 11.8 Å². The van der Waals surface area contributed by atoms with Crippen molar-refractivity contribution in [3.8, 4) is 11.3 Å². The molecule has 1 unspecified atom stereocenters. The third-order valence-corrected chi connectivity index (χ3v) is 6.06. The van der Waals surface area contributed by atoms with E-state index >= 15 is 0 Å². The van der Waals surface area contributed by atoms with Crippen molar-refractivity contribution >= 4 is 35.0 Å². The molecule has 1 aromatic heterocycles. The number of nitrogens with zero attached hydrogens (tertiary/aromatic N) is 2. The molecule has 0 fully saturated rings. The topological polar surface area (TPSA) is 78.1 Å². The number of H-pyrrole nitrogens is 1. The number of fused-ring (bicyclic) bond motifs is 1. The Hall–Kier alpha value is -3.13. The maximum Gasteiger partial charge on any atom is 0.250 e. The van der Waals surface area contributed by atoms with Crippen LogP contribution < -0.4 is 10.2 Å². The van der Waals surface area contributed by atoms with E-state index in [0.29, 0.717) is 16.5 Å². The summed E-state index contributed by atoms with van der Waals surface area (Å²) >= 11 is 1.28. The minimum atomic E-state index is -1.03. The number of carbonyl (C=O) groups excluding carboxylic acids is 2. The highest BCUT2D eigenvalue weighted by atomic mass is 32.2. The number of nitrogens with one attached hydrogen (secondary N) is 2. The van der Waals surface area contributed by atoms with Crippen molar-refractivity contribution < 1.29 is 14.0 Å². The highest BCUT2D eigenvalue weighted by molar-refractivity contribution is 8.00. The summed E-state index contributed by atoms with van der Waals surface area (Å²) in [4.78, 5) is 35.0. The molecule has 2 heterocycles. The number of halogens is 1. The largest absolute Gasteiger partial charge is 0.333 e. The molecule has 2 aromatic carbocycles. The predicted octanol–water partition coefficient (Wildman–Crippen LogP) is 4.46. The van der Waals surface area contributed by atoms with Gasteiger partial charge in [-0.2, -0.15) is 0 Å². The zero-order valence-electron chi connectivity index (χ0n) is 16.8. The molecule has 0 saturated carbocycles. The van der Waals surface area contributed by atoms with Crippen LogP contribution in [-0.2, 0) is 9.59 Å². The summed E-state index contributed by atoms with van der Waals surface area (Å²) in [6, 6.07) is 13.4. The predicted molar refractivity (Wildman–Crippen MR) is 116 cm³/mol. The van der Waals surface area contributed by atoms with Gasteiger partial charge in [0.2, 0.25) is 11.8 Å². The highest BCUT2D eigenvalue weighted by Crippen LogP contribution is 2.38. The number of carbonyl (C=O) groups is 2. The van der Waals surface area contributed by atoms with E-state index < -0.39 is 10.8 Å². The molecule has 154 valence electrons. The van der Waals surface area contributed by atoms with Crippen LogP contribution in [0, 0.1) is 5.82 Å². The number of hydrogen-bond acceptors (Lipinski definition) is 4. The number of rotatable bonds is 4. The quantitative estimate of drug-likeness (QED) is 0.606. The van der Waals surface area contributed by atoms with Crippen molar-refractivity contribution in [2.45, 2.75) is 36.7 Å². The lowest BCUT2D eigenvalue weighted by Crippen LogP contribution is -2.60. The number of anilines is 2. The van der Waals surface area contributed by atoms with Crippen LogP contribution in [0.1, 0.15) is 20.8 Å². The van der Waals surface area contributed by atoms with Crippen LogP contribution in [-0.4, -0.2) is 32.6 Å². The van der Waals surface area contributed by atoms with E-state index in [1.54, 1.807) is 50.1 Å². The Morgan fingerprint density at radius 3 is 2.60 bits per heavy atom. The number of amides is 2. The third-order valence-electron chi connectivity index (χ3n) is 5.07. The summed E-state index contributed by atoms with van der Waals surface area (Å²) in [7, 11) is 0. The second-order valence-corrected chi connectivity index (χ2v) is 8.90. The first-order valence-corrected chi connectivity index (χ1v) is 10.4. The lowest BCUT2D eigenvalue weighted by atomic mass is 9.96. The molecule has 2 amide bonds. The average Bonchev–Trinajstić information content (AvgIpc) is 3.17. The maximum atomic E-state index is 13.4. The summed E-state index contributed by atoms with van der Waals surface area (Å²) < 4.78 is 13.1. The van der Waals surface area contributed by atoms with E-state index in [-0.39, 0.29) is 17.6 Å². The van der Waals surface area contributed by atoms with Gasteiger partial charge in [0.15, 0.2) is 5.16 Å². The fraction of sp³-hybridized carbons (Fsp3) is 0.227. The second-order valence-electron chi connectivity index (χ2n) is 7.57. The normalized spacial score (nSPS) is 16.0. The molecule has 0 radical (unpaired) electrons. The molecule has 0 aliphatic carbocycles. The second kappa shape index (κ2) is 7.60. The van der Waals surface area contributed by atoms with Gasteiger partial charge in [-0.15, -0.1) is 0 Å². The first-order chi connectivity index (χ1) is 14.3. The molecule has 1 aliphatic heterocycles. The van der Waals surface area contributed by atoms with Crippen molar-refractivity contribution in [3.63, 3.8) is 0 Å². The van der Waals surface area contributed by atoms with Crippen LogP contribution in [0.25, 0.3) is 11.3 Å². The fourth-order valence-electron chi connectivity index (χ4n) is 3.39. The molecular weight excluding hydrogens is 403 g/mol. The molecule has 0 bridgehead atoms. The first kappa shape index (κ1) is 20.2. The standard InChI is InChI=1S/C22H21FN4O2S/c1-13(30-21-24-12-17(26-21)14-8-10-15(23)11-9-14)19(28)27-18-7-5-4-6-16(18)25-20(29)22(27,2)3/h4-13H,1-3H3,(H,24,26)(H,25,29). The minimum absolute atomic E-state index is 0.188. The van der Waals surface area contributed by atoms with E-state index in [2.05, 4.69) is 15.3 Å². The first-order valence-electron chi connectivity index (χ1n) is 9.49. The smallest absolute Gasteiger partial charge is 0.250 e. The monoisotopic (exact) mass is 424 g/mol. The molecule has 1 atom stereocenters. The summed E-state index contributed by atoms with van der Waals surface area (Å²) in [6.45, 7) is 5.25. The number of para-hydroxylation sites is 2. The number of thioether (sulfide) groups is 1. The number of aromatic nitrogens is 2. The molecule has 0 saturated heterocycles. The highest BCUT2D eigenvalue weighted by Gasteiger charge is 2.44. The Morgan fingerprint density at radius 2 is 1.87 bits per heavy atom. The molecule has 0 spiro atoms. The lowest BCUT2D eigenvalue weighted by Gasteiger charge is -2.42. The summed E-state index contributed by atoms with van der Waals surface area (Å²) in [5.74, 6) is -0.726. The van der Waals surface area contributed by atoms with Crippen molar-refractivity contribution in [1.29, 1.82) is 0 Å². The fourth-order valence-corrected chi connectivity index (χ4v) is 4.21. The molecule has 4 rings (SSSR count). The van der Waals surface area contributed by atoms with Gasteiger partial charge in [-0.3, -0.25) is 14.5 Å². The molecule has 1 aliphatic rings. The Labute approximate surface area is 177 Å². The van der Waals surface area contributed by atoms with E-state index in [9.17, 15) is 14.0 Å². The van der Waals surface area contributed by atoms with Gasteiger partial charge in [0, 0.05) is 0 Å². The Morgan fingerprint density at radius 1 is 1.17 bits per heavy atom. The van der Waals surface area contributed by atoms with Gasteiger partial charge in [0.1, 0.15) is 11.4 Å². The van der Waals surface area contributed by atoms with Crippen molar-refractivity contribution in [2.24, 2.45) is 0 Å². The molecule has 3 aromatic rings. The third kappa shape index (κ3) is 3.59. The van der Waals surface area contributed by atoms with Crippen LogP contribution in [0.5, 0.6) is 0 Å². The van der Waals surface area contributed by atoms with Gasteiger partial charge in [-0.1, -0.05) is 23.9 Å². The summed E-state index contributed by atoms with van der Waals surface area (Å²) in [5, 5.41) is 2.95. The number of aromatic amines is 1. The molecule has 8 heteroatoms. The van der Waals surface area contributed by atoms with Crippen LogP contribution in [0.3, 0.4) is 0 Å². The van der Waals surface area contributed by atoms with E-state index in [4.69, 9.17) is 0 Å². The van der Waals surface area contributed by atoms with E-state index in [1.807, 2.05) is 18.2 Å². The number of hydrogen-bond donors (Lipinski definition) is 2. The Kier molecular flexibility index (Phi) is 5.11. The average molecular weight is 425 g/mol. The van der Waals surface area contributed by atoms with Crippen LogP contribution in [0.2, 0.25) is 0 Å². The Bertz CT molecular complexity index is 1110.